The molecule has 0 bridgehead atoms. The van der Waals surface area contributed by atoms with Gasteiger partial charge in [0.2, 0.25) is 0 Å². The number of oxime groups is 1. The fourth-order valence-corrected chi connectivity index (χ4v) is 1.74. The Hall–Kier alpha value is -2.63. The van der Waals surface area contributed by atoms with E-state index in [2.05, 4.69) is 15.5 Å². The summed E-state index contributed by atoms with van der Waals surface area (Å²) in [5, 5.41) is 14.8. The van der Waals surface area contributed by atoms with Crippen LogP contribution in [0.25, 0.3) is 10.9 Å². The number of amidine groups is 1. The number of nitrogens with one attached hydrogen (secondary N) is 1. The number of hydrogen-bond donors (Lipinski definition) is 3. The number of amides is 1. The molecule has 0 saturated heterocycles. The van der Waals surface area contributed by atoms with Crippen molar-refractivity contribution in [3.05, 3.63) is 42.1 Å². The number of para-hydroxylation sites is 1. The molecule has 1 amide bonds. The van der Waals surface area contributed by atoms with Crippen LogP contribution in [0.5, 0.6) is 0 Å². The number of carbonyl (C=O) groups is 1. The number of nitrogens with zero attached hydrogens (tertiary/aromatic N) is 2. The highest BCUT2D eigenvalue weighted by atomic mass is 16.4. The van der Waals surface area contributed by atoms with E-state index in [0.717, 1.165) is 10.9 Å². The van der Waals surface area contributed by atoms with E-state index >= 15 is 0 Å². The first-order valence-corrected chi connectivity index (χ1v) is 5.80. The van der Waals surface area contributed by atoms with Crippen LogP contribution in [-0.2, 0) is 0 Å². The number of rotatable bonds is 4. The molecule has 1 aromatic carbocycles. The Bertz CT molecular complexity index is 620. The van der Waals surface area contributed by atoms with Crippen molar-refractivity contribution < 1.29 is 10.0 Å². The van der Waals surface area contributed by atoms with E-state index in [1.165, 1.54) is 0 Å². The molecule has 1 heterocycles. The van der Waals surface area contributed by atoms with Gasteiger partial charge in [-0.25, -0.2) is 0 Å². The Kier molecular flexibility index (Phi) is 3.92. The summed E-state index contributed by atoms with van der Waals surface area (Å²) in [6.45, 7) is 0.311. The van der Waals surface area contributed by atoms with Gasteiger partial charge < -0.3 is 16.3 Å². The minimum atomic E-state index is -0.204. The van der Waals surface area contributed by atoms with Crippen LogP contribution < -0.4 is 11.1 Å². The first kappa shape index (κ1) is 12.8. The molecule has 0 unspecified atom stereocenters. The molecular weight excluding hydrogens is 244 g/mol. The number of benzene rings is 1. The van der Waals surface area contributed by atoms with Gasteiger partial charge >= 0.3 is 0 Å². The summed E-state index contributed by atoms with van der Waals surface area (Å²) >= 11 is 0. The fraction of sp³-hybridized carbons (Fsp3) is 0.154. The van der Waals surface area contributed by atoms with E-state index in [1.54, 1.807) is 12.3 Å². The van der Waals surface area contributed by atoms with Crippen LogP contribution in [0.4, 0.5) is 0 Å². The smallest absolute Gasteiger partial charge is 0.252 e. The summed E-state index contributed by atoms with van der Waals surface area (Å²) in [4.78, 5) is 16.2. The Balaban J connectivity index is 2.13. The molecule has 19 heavy (non-hydrogen) atoms. The molecule has 6 heteroatoms. The van der Waals surface area contributed by atoms with Gasteiger partial charge in [0.1, 0.15) is 5.84 Å². The summed E-state index contributed by atoms with van der Waals surface area (Å²) in [7, 11) is 0. The van der Waals surface area contributed by atoms with E-state index in [0.29, 0.717) is 18.5 Å². The Morgan fingerprint density at radius 2 is 2.16 bits per heavy atom. The van der Waals surface area contributed by atoms with Gasteiger partial charge in [0.15, 0.2) is 0 Å². The van der Waals surface area contributed by atoms with E-state index < -0.39 is 0 Å². The molecule has 0 fully saturated rings. The lowest BCUT2D eigenvalue weighted by atomic mass is 10.1. The van der Waals surface area contributed by atoms with Gasteiger partial charge in [0, 0.05) is 24.5 Å². The summed E-state index contributed by atoms with van der Waals surface area (Å²) < 4.78 is 0. The lowest BCUT2D eigenvalue weighted by molar-refractivity contribution is 0.0956. The zero-order valence-electron chi connectivity index (χ0n) is 10.2. The molecule has 0 saturated carbocycles. The van der Waals surface area contributed by atoms with E-state index in [-0.39, 0.29) is 11.7 Å². The number of aromatic nitrogens is 1. The predicted molar refractivity (Wildman–Crippen MR) is 72.1 cm³/mol. The maximum absolute atomic E-state index is 12.0. The molecule has 0 radical (unpaired) electrons. The van der Waals surface area contributed by atoms with E-state index in [4.69, 9.17) is 10.9 Å². The molecule has 4 N–H and O–H groups in total. The Morgan fingerprint density at radius 1 is 1.37 bits per heavy atom. The molecule has 98 valence electrons. The zero-order valence-corrected chi connectivity index (χ0v) is 10.2. The van der Waals surface area contributed by atoms with Gasteiger partial charge in [-0.05, 0) is 12.1 Å². The molecule has 6 nitrogen and oxygen atoms in total. The maximum Gasteiger partial charge on any atom is 0.252 e. The van der Waals surface area contributed by atoms with Gasteiger partial charge in [-0.2, -0.15) is 0 Å². The van der Waals surface area contributed by atoms with Crippen LogP contribution >= 0.6 is 0 Å². The first-order valence-electron chi connectivity index (χ1n) is 5.80. The van der Waals surface area contributed by atoms with Gasteiger partial charge in [-0.1, -0.05) is 23.4 Å². The largest absolute Gasteiger partial charge is 0.409 e. The number of carbonyl (C=O) groups excluding carboxylic acids is 1. The highest BCUT2D eigenvalue weighted by Crippen LogP contribution is 2.15. The SMILES string of the molecule is N/C(CCNC(=O)c1ccnc2ccccc12)=N/O. The molecule has 2 rings (SSSR count). The van der Waals surface area contributed by atoms with Crippen molar-refractivity contribution in [2.75, 3.05) is 6.54 Å². The Labute approximate surface area is 109 Å². The molecule has 0 atom stereocenters. The van der Waals surface area contributed by atoms with Gasteiger partial charge in [-0.3, -0.25) is 9.78 Å². The molecule has 2 aromatic rings. The Morgan fingerprint density at radius 3 is 2.95 bits per heavy atom. The van der Waals surface area contributed by atoms with Crippen molar-refractivity contribution in [2.24, 2.45) is 10.9 Å². The number of nitrogens with two attached hydrogens (primary N) is 1. The second kappa shape index (κ2) is 5.81. The summed E-state index contributed by atoms with van der Waals surface area (Å²) in [5.74, 6) is -0.121. The standard InChI is InChI=1S/C13H14N4O2/c14-12(17-19)6-8-16-13(18)10-5-7-15-11-4-2-1-3-9(10)11/h1-5,7,19H,6,8H2,(H2,14,17)(H,16,18). The monoisotopic (exact) mass is 258 g/mol. The van der Waals surface area contributed by atoms with E-state index in [9.17, 15) is 4.79 Å². The average molecular weight is 258 g/mol. The quantitative estimate of drug-likeness (QED) is 0.331. The molecule has 0 aliphatic carbocycles. The van der Waals surface area contributed by atoms with Crippen molar-refractivity contribution >= 4 is 22.6 Å². The molecule has 0 aliphatic heterocycles. The second-order valence-electron chi connectivity index (χ2n) is 3.97. The minimum Gasteiger partial charge on any atom is -0.409 e. The molecular formula is C13H14N4O2. The topological polar surface area (TPSA) is 101 Å². The van der Waals surface area contributed by atoms with Crippen molar-refractivity contribution in [1.29, 1.82) is 0 Å². The minimum absolute atomic E-state index is 0.0832. The van der Waals surface area contributed by atoms with Crippen LogP contribution in [0.15, 0.2) is 41.7 Å². The van der Waals surface area contributed by atoms with Gasteiger partial charge in [0.05, 0.1) is 11.1 Å². The van der Waals surface area contributed by atoms with Crippen LogP contribution in [0.3, 0.4) is 0 Å². The second-order valence-corrected chi connectivity index (χ2v) is 3.97. The number of hydrogen-bond acceptors (Lipinski definition) is 4. The van der Waals surface area contributed by atoms with Gasteiger partial charge in [-0.15, -0.1) is 0 Å². The lowest BCUT2D eigenvalue weighted by Gasteiger charge is -2.07. The van der Waals surface area contributed by atoms with E-state index in [1.807, 2.05) is 24.3 Å². The predicted octanol–water partition coefficient (Wildman–Crippen LogP) is 1.10. The fourth-order valence-electron chi connectivity index (χ4n) is 1.74. The normalized spacial score (nSPS) is 11.5. The summed E-state index contributed by atoms with van der Waals surface area (Å²) in [6, 6.07) is 9.09. The third kappa shape index (κ3) is 2.98. The van der Waals surface area contributed by atoms with Crippen LogP contribution in [0, 0.1) is 0 Å². The maximum atomic E-state index is 12.0. The van der Waals surface area contributed by atoms with Crippen LogP contribution in [-0.4, -0.2) is 28.5 Å². The van der Waals surface area contributed by atoms with Gasteiger partial charge in [0.25, 0.3) is 5.91 Å². The lowest BCUT2D eigenvalue weighted by Crippen LogP contribution is -2.28. The molecule has 0 aliphatic rings. The summed E-state index contributed by atoms with van der Waals surface area (Å²) in [6.07, 6.45) is 1.89. The van der Waals surface area contributed by atoms with Crippen LogP contribution in [0.2, 0.25) is 0 Å². The number of fused-ring (bicyclic) bond motifs is 1. The van der Waals surface area contributed by atoms with Crippen molar-refractivity contribution in [1.82, 2.24) is 10.3 Å². The molecule has 0 spiro atoms. The van der Waals surface area contributed by atoms with Crippen molar-refractivity contribution in [3.8, 4) is 0 Å². The third-order valence-electron chi connectivity index (χ3n) is 2.69. The number of pyridine rings is 1. The third-order valence-corrected chi connectivity index (χ3v) is 2.69. The zero-order chi connectivity index (χ0) is 13.7. The first-order chi connectivity index (χ1) is 9.22. The highest BCUT2D eigenvalue weighted by Gasteiger charge is 2.09. The molecule has 1 aromatic heterocycles. The van der Waals surface area contributed by atoms with Crippen LogP contribution in [0.1, 0.15) is 16.8 Å². The average Bonchev–Trinajstić information content (AvgIpc) is 2.46. The van der Waals surface area contributed by atoms with Crippen molar-refractivity contribution in [3.63, 3.8) is 0 Å². The highest BCUT2D eigenvalue weighted by molar-refractivity contribution is 6.06. The summed E-state index contributed by atoms with van der Waals surface area (Å²) in [5.41, 5.74) is 6.66. The van der Waals surface area contributed by atoms with Crippen molar-refractivity contribution in [2.45, 2.75) is 6.42 Å².